The van der Waals surface area contributed by atoms with Crippen LogP contribution in [-0.2, 0) is 6.54 Å². The molecule has 20 heavy (non-hydrogen) atoms. The van der Waals surface area contributed by atoms with Crippen molar-refractivity contribution in [2.24, 2.45) is 0 Å². The summed E-state index contributed by atoms with van der Waals surface area (Å²) in [7, 11) is 0. The van der Waals surface area contributed by atoms with E-state index >= 15 is 0 Å². The molecular formula is C16H22Cl2N2. The summed E-state index contributed by atoms with van der Waals surface area (Å²) in [5.41, 5.74) is 1.53. The monoisotopic (exact) mass is 312 g/mol. The third-order valence-electron chi connectivity index (χ3n) is 4.86. The fourth-order valence-corrected chi connectivity index (χ4v) is 4.15. The lowest BCUT2D eigenvalue weighted by atomic mass is 9.90. The van der Waals surface area contributed by atoms with Gasteiger partial charge in [0.1, 0.15) is 0 Å². The van der Waals surface area contributed by atoms with Gasteiger partial charge < -0.3 is 5.32 Å². The predicted octanol–water partition coefficient (Wildman–Crippen LogP) is 4.10. The highest BCUT2D eigenvalue weighted by Gasteiger charge is 2.42. The molecular weight excluding hydrogens is 291 g/mol. The number of hydrogen-bond donors (Lipinski definition) is 1. The van der Waals surface area contributed by atoms with Crippen molar-refractivity contribution in [3.63, 3.8) is 0 Å². The quantitative estimate of drug-likeness (QED) is 0.884. The SMILES string of the molecule is CC1CN(Cc2ccc(Cl)cc2Cl)C2(CCCC2)CN1. The first-order chi connectivity index (χ1) is 9.59. The van der Waals surface area contributed by atoms with Crippen molar-refractivity contribution in [2.75, 3.05) is 13.1 Å². The van der Waals surface area contributed by atoms with Crippen LogP contribution in [0.25, 0.3) is 0 Å². The van der Waals surface area contributed by atoms with Crippen molar-refractivity contribution in [1.82, 2.24) is 10.2 Å². The lowest BCUT2D eigenvalue weighted by molar-refractivity contribution is 0.0393. The Morgan fingerprint density at radius 3 is 2.75 bits per heavy atom. The van der Waals surface area contributed by atoms with Gasteiger partial charge in [0.05, 0.1) is 0 Å². The first-order valence-corrected chi connectivity index (χ1v) is 8.27. The Morgan fingerprint density at radius 2 is 2.05 bits per heavy atom. The van der Waals surface area contributed by atoms with Crippen molar-refractivity contribution >= 4 is 23.2 Å². The second-order valence-electron chi connectivity index (χ2n) is 6.33. The number of nitrogens with zero attached hydrogens (tertiary/aromatic N) is 1. The van der Waals surface area contributed by atoms with Crippen molar-refractivity contribution < 1.29 is 0 Å². The Morgan fingerprint density at radius 1 is 1.30 bits per heavy atom. The van der Waals surface area contributed by atoms with Crippen molar-refractivity contribution in [1.29, 1.82) is 0 Å². The zero-order chi connectivity index (χ0) is 14.2. The molecule has 0 bridgehead atoms. The lowest BCUT2D eigenvalue weighted by Gasteiger charge is -2.48. The summed E-state index contributed by atoms with van der Waals surface area (Å²) in [6.07, 6.45) is 5.30. The number of halogens is 2. The molecule has 1 heterocycles. The van der Waals surface area contributed by atoms with Gasteiger partial charge in [0.2, 0.25) is 0 Å². The Bertz CT molecular complexity index is 483. The average Bonchev–Trinajstić information content (AvgIpc) is 2.87. The van der Waals surface area contributed by atoms with Gasteiger partial charge in [0.25, 0.3) is 0 Å². The van der Waals surface area contributed by atoms with Gasteiger partial charge in [-0.3, -0.25) is 4.90 Å². The molecule has 1 aromatic rings. The molecule has 1 saturated heterocycles. The Hall–Kier alpha value is -0.280. The van der Waals surface area contributed by atoms with Crippen molar-refractivity contribution in [3.05, 3.63) is 33.8 Å². The van der Waals surface area contributed by atoms with Gasteiger partial charge in [-0.05, 0) is 37.5 Å². The molecule has 1 spiro atoms. The number of benzene rings is 1. The summed E-state index contributed by atoms with van der Waals surface area (Å²) >= 11 is 12.3. The lowest BCUT2D eigenvalue weighted by Crippen LogP contribution is -2.62. The zero-order valence-electron chi connectivity index (χ0n) is 12.0. The molecule has 0 amide bonds. The number of nitrogens with one attached hydrogen (secondary N) is 1. The summed E-state index contributed by atoms with van der Waals surface area (Å²) in [5, 5.41) is 5.16. The molecule has 2 nitrogen and oxygen atoms in total. The molecule has 1 atom stereocenters. The molecule has 1 unspecified atom stereocenters. The van der Waals surface area contributed by atoms with E-state index in [1.807, 2.05) is 12.1 Å². The van der Waals surface area contributed by atoms with E-state index in [1.165, 1.54) is 31.2 Å². The van der Waals surface area contributed by atoms with Gasteiger partial charge in [0.15, 0.2) is 0 Å². The van der Waals surface area contributed by atoms with Gasteiger partial charge in [0, 0.05) is 41.3 Å². The van der Waals surface area contributed by atoms with E-state index in [9.17, 15) is 0 Å². The molecule has 1 aliphatic carbocycles. The summed E-state index contributed by atoms with van der Waals surface area (Å²) in [5.74, 6) is 0. The molecule has 110 valence electrons. The Labute approximate surface area is 131 Å². The maximum absolute atomic E-state index is 6.35. The minimum absolute atomic E-state index is 0.343. The van der Waals surface area contributed by atoms with Crippen LogP contribution in [0.2, 0.25) is 10.0 Å². The first kappa shape index (κ1) is 14.6. The molecule has 1 saturated carbocycles. The van der Waals surface area contributed by atoms with Crippen LogP contribution in [0.15, 0.2) is 18.2 Å². The minimum Gasteiger partial charge on any atom is -0.311 e. The van der Waals surface area contributed by atoms with Gasteiger partial charge in [-0.25, -0.2) is 0 Å². The largest absolute Gasteiger partial charge is 0.311 e. The number of rotatable bonds is 2. The van der Waals surface area contributed by atoms with Gasteiger partial charge >= 0.3 is 0 Å². The molecule has 2 aliphatic rings. The van der Waals surface area contributed by atoms with E-state index in [-0.39, 0.29) is 0 Å². The maximum Gasteiger partial charge on any atom is 0.0465 e. The van der Waals surface area contributed by atoms with Crippen LogP contribution in [0.1, 0.15) is 38.2 Å². The fourth-order valence-electron chi connectivity index (χ4n) is 3.68. The zero-order valence-corrected chi connectivity index (χ0v) is 13.5. The Kier molecular flexibility index (Phi) is 4.28. The van der Waals surface area contributed by atoms with Gasteiger partial charge in [-0.2, -0.15) is 0 Å². The minimum atomic E-state index is 0.343. The Balaban J connectivity index is 1.82. The highest BCUT2D eigenvalue weighted by Crippen LogP contribution is 2.38. The van der Waals surface area contributed by atoms with E-state index in [0.717, 1.165) is 24.7 Å². The van der Waals surface area contributed by atoms with Crippen LogP contribution in [0.5, 0.6) is 0 Å². The normalized spacial score (nSPS) is 26.2. The fraction of sp³-hybridized carbons (Fsp3) is 0.625. The maximum atomic E-state index is 6.35. The average molecular weight is 313 g/mol. The third-order valence-corrected chi connectivity index (χ3v) is 5.44. The summed E-state index contributed by atoms with van der Waals surface area (Å²) in [6, 6.07) is 6.41. The molecule has 0 radical (unpaired) electrons. The summed E-state index contributed by atoms with van der Waals surface area (Å²) in [6.45, 7) is 5.40. The third kappa shape index (κ3) is 2.85. The molecule has 1 N–H and O–H groups in total. The van der Waals surface area contributed by atoms with E-state index in [2.05, 4.69) is 23.2 Å². The predicted molar refractivity (Wildman–Crippen MR) is 85.5 cm³/mol. The summed E-state index contributed by atoms with van der Waals surface area (Å²) < 4.78 is 0. The highest BCUT2D eigenvalue weighted by molar-refractivity contribution is 6.35. The second-order valence-corrected chi connectivity index (χ2v) is 7.17. The van der Waals surface area contributed by atoms with E-state index in [0.29, 0.717) is 16.6 Å². The summed E-state index contributed by atoms with van der Waals surface area (Å²) in [4.78, 5) is 2.65. The van der Waals surface area contributed by atoms with E-state index in [1.54, 1.807) is 0 Å². The van der Waals surface area contributed by atoms with E-state index < -0.39 is 0 Å². The highest BCUT2D eigenvalue weighted by atomic mass is 35.5. The van der Waals surface area contributed by atoms with Crippen LogP contribution in [-0.4, -0.2) is 29.6 Å². The van der Waals surface area contributed by atoms with Crippen LogP contribution < -0.4 is 5.32 Å². The number of piperazine rings is 1. The van der Waals surface area contributed by atoms with Gasteiger partial charge in [-0.15, -0.1) is 0 Å². The van der Waals surface area contributed by atoms with Crippen molar-refractivity contribution in [3.8, 4) is 0 Å². The van der Waals surface area contributed by atoms with Crippen molar-refractivity contribution in [2.45, 2.75) is 50.7 Å². The molecule has 1 aliphatic heterocycles. The molecule has 4 heteroatoms. The van der Waals surface area contributed by atoms with Gasteiger partial charge in [-0.1, -0.05) is 42.1 Å². The molecule has 1 aromatic carbocycles. The van der Waals surface area contributed by atoms with Crippen LogP contribution >= 0.6 is 23.2 Å². The molecule has 2 fully saturated rings. The smallest absolute Gasteiger partial charge is 0.0465 e. The second kappa shape index (κ2) is 5.84. The number of hydrogen-bond acceptors (Lipinski definition) is 2. The molecule has 0 aromatic heterocycles. The van der Waals surface area contributed by atoms with Crippen LogP contribution in [0.4, 0.5) is 0 Å². The topological polar surface area (TPSA) is 15.3 Å². The first-order valence-electron chi connectivity index (χ1n) is 7.51. The standard InChI is InChI=1S/C16H22Cl2N2/c1-12-9-20(16(11-19-12)6-2-3-7-16)10-13-4-5-14(17)8-15(13)18/h4-5,8,12,19H,2-3,6-7,9-11H2,1H3. The van der Waals surface area contributed by atoms with Crippen LogP contribution in [0, 0.1) is 0 Å². The van der Waals surface area contributed by atoms with Crippen LogP contribution in [0.3, 0.4) is 0 Å². The van der Waals surface area contributed by atoms with E-state index in [4.69, 9.17) is 23.2 Å². The molecule has 3 rings (SSSR count).